The lowest BCUT2D eigenvalue weighted by Gasteiger charge is -2.39. The van der Waals surface area contributed by atoms with E-state index in [0.29, 0.717) is 23.6 Å². The van der Waals surface area contributed by atoms with Gasteiger partial charge >= 0.3 is 12.3 Å². The smallest absolute Gasteiger partial charge is 0.416 e. The highest BCUT2D eigenvalue weighted by molar-refractivity contribution is 5.90. The van der Waals surface area contributed by atoms with Crippen molar-refractivity contribution in [3.05, 3.63) is 29.3 Å². The van der Waals surface area contributed by atoms with Gasteiger partial charge in [0, 0.05) is 12.1 Å². The zero-order valence-electron chi connectivity index (χ0n) is 12.8. The minimum atomic E-state index is -4.43. The van der Waals surface area contributed by atoms with E-state index in [1.165, 1.54) is 11.0 Å². The molecule has 0 unspecified atom stereocenters. The number of halogens is 3. The molecule has 1 aromatic rings. The molecular formula is C16H19F3N2O2. The van der Waals surface area contributed by atoms with Crippen molar-refractivity contribution in [3.63, 3.8) is 0 Å². The molecule has 2 N–H and O–H groups in total. The van der Waals surface area contributed by atoms with E-state index in [1.807, 2.05) is 0 Å². The maximum atomic E-state index is 12.9. The molecule has 126 valence electrons. The molecule has 1 saturated carbocycles. The van der Waals surface area contributed by atoms with Gasteiger partial charge in [-0.25, -0.2) is 4.79 Å². The lowest BCUT2D eigenvalue weighted by atomic mass is 9.88. The van der Waals surface area contributed by atoms with Crippen molar-refractivity contribution in [2.24, 2.45) is 11.7 Å². The molecule has 0 radical (unpaired) electrons. The summed E-state index contributed by atoms with van der Waals surface area (Å²) >= 11 is 0. The number of fused-ring (bicyclic) bond motifs is 1. The van der Waals surface area contributed by atoms with E-state index in [9.17, 15) is 18.0 Å². The Morgan fingerprint density at radius 3 is 2.65 bits per heavy atom. The van der Waals surface area contributed by atoms with Crippen LogP contribution in [0.1, 0.15) is 43.4 Å². The Labute approximate surface area is 132 Å². The molecule has 1 aliphatic carbocycles. The number of nitrogens with two attached hydrogens (primary N) is 1. The van der Waals surface area contributed by atoms with Gasteiger partial charge in [0.2, 0.25) is 0 Å². The fourth-order valence-electron chi connectivity index (χ4n) is 3.23. The zero-order valence-corrected chi connectivity index (χ0v) is 12.8. The Morgan fingerprint density at radius 2 is 2.09 bits per heavy atom. The second kappa shape index (κ2) is 5.70. The largest absolute Gasteiger partial charge is 0.449 e. The van der Waals surface area contributed by atoms with Crippen LogP contribution in [0.4, 0.5) is 23.7 Å². The van der Waals surface area contributed by atoms with Crippen molar-refractivity contribution in [3.8, 4) is 0 Å². The van der Waals surface area contributed by atoms with Crippen molar-refractivity contribution in [1.82, 2.24) is 0 Å². The second-order valence-electron chi connectivity index (χ2n) is 6.09. The number of nitrogens with zero attached hydrogens (tertiary/aromatic N) is 1. The molecular weight excluding hydrogens is 309 g/mol. The molecule has 1 fully saturated rings. The summed E-state index contributed by atoms with van der Waals surface area (Å²) in [7, 11) is 0. The second-order valence-corrected chi connectivity index (χ2v) is 6.09. The van der Waals surface area contributed by atoms with Crippen LogP contribution in [0.15, 0.2) is 18.2 Å². The fraction of sp³-hybridized carbons (Fsp3) is 0.562. The Balaban J connectivity index is 2.03. The molecule has 23 heavy (non-hydrogen) atoms. The number of hydrogen-bond donors (Lipinski definition) is 1. The summed E-state index contributed by atoms with van der Waals surface area (Å²) < 4.78 is 43.9. The first-order valence-corrected chi connectivity index (χ1v) is 7.75. The van der Waals surface area contributed by atoms with Gasteiger partial charge in [0.15, 0.2) is 0 Å². The number of hydrogen-bond acceptors (Lipinski definition) is 3. The molecule has 1 amide bonds. The Bertz CT molecular complexity index is 614. The van der Waals surface area contributed by atoms with Crippen LogP contribution in [-0.2, 0) is 10.9 Å². The minimum Gasteiger partial charge on any atom is -0.449 e. The van der Waals surface area contributed by atoms with Crippen molar-refractivity contribution in [2.45, 2.75) is 44.4 Å². The number of carbonyl (C=O) groups is 1. The molecule has 0 aromatic heterocycles. The standard InChI is InChI=1S/C16H19F3N2O2/c1-2-23-15(22)21-13-6-5-10(16(17,18)19)7-11(13)12(20)8-14(21)9-3-4-9/h5-7,9,12,14H,2-4,8,20H2,1H3/t12-,14+/m0/s1. The van der Waals surface area contributed by atoms with Crippen LogP contribution in [0.25, 0.3) is 0 Å². The third-order valence-corrected chi connectivity index (χ3v) is 4.47. The number of benzene rings is 1. The van der Waals surface area contributed by atoms with Crippen molar-refractivity contribution in [1.29, 1.82) is 0 Å². The number of carbonyl (C=O) groups excluding carboxylic acids is 1. The van der Waals surface area contributed by atoms with Gasteiger partial charge in [-0.05, 0) is 55.9 Å². The predicted molar refractivity (Wildman–Crippen MR) is 79.0 cm³/mol. The molecule has 1 aromatic carbocycles. The molecule has 1 aliphatic heterocycles. The maximum Gasteiger partial charge on any atom is 0.416 e. The van der Waals surface area contributed by atoms with Crippen LogP contribution in [0, 0.1) is 5.92 Å². The van der Waals surface area contributed by atoms with Gasteiger partial charge in [-0.2, -0.15) is 13.2 Å². The number of amides is 1. The van der Waals surface area contributed by atoms with Gasteiger partial charge in [-0.15, -0.1) is 0 Å². The van der Waals surface area contributed by atoms with E-state index in [-0.39, 0.29) is 12.6 Å². The molecule has 0 bridgehead atoms. The summed E-state index contributed by atoms with van der Waals surface area (Å²) in [6.45, 7) is 1.92. The Hall–Kier alpha value is -1.76. The SMILES string of the molecule is CCOC(=O)N1c2ccc(C(F)(F)F)cc2[C@@H](N)C[C@@H]1C1CC1. The number of ether oxygens (including phenoxy) is 1. The van der Waals surface area contributed by atoms with E-state index in [2.05, 4.69) is 0 Å². The van der Waals surface area contributed by atoms with Gasteiger partial charge in [0.05, 0.1) is 17.9 Å². The summed E-state index contributed by atoms with van der Waals surface area (Å²) in [5.74, 6) is 0.348. The van der Waals surface area contributed by atoms with Crippen molar-refractivity contribution in [2.75, 3.05) is 11.5 Å². The van der Waals surface area contributed by atoms with Gasteiger partial charge in [-0.1, -0.05) is 0 Å². The van der Waals surface area contributed by atoms with Crippen LogP contribution in [-0.4, -0.2) is 18.7 Å². The maximum absolute atomic E-state index is 12.9. The first-order chi connectivity index (χ1) is 10.8. The van der Waals surface area contributed by atoms with E-state index in [0.717, 1.165) is 25.0 Å². The highest BCUT2D eigenvalue weighted by atomic mass is 19.4. The van der Waals surface area contributed by atoms with E-state index in [1.54, 1.807) is 6.92 Å². The molecule has 4 nitrogen and oxygen atoms in total. The number of alkyl halides is 3. The molecule has 0 spiro atoms. The molecule has 1 heterocycles. The summed E-state index contributed by atoms with van der Waals surface area (Å²) in [6, 6.07) is 2.77. The van der Waals surface area contributed by atoms with E-state index >= 15 is 0 Å². The van der Waals surface area contributed by atoms with Crippen LogP contribution in [0.3, 0.4) is 0 Å². The molecule has 2 atom stereocenters. The first-order valence-electron chi connectivity index (χ1n) is 7.75. The first kappa shape index (κ1) is 16.1. The highest BCUT2D eigenvalue weighted by Gasteiger charge is 2.44. The summed E-state index contributed by atoms with van der Waals surface area (Å²) in [6.07, 6.45) is -2.49. The number of anilines is 1. The molecule has 0 saturated heterocycles. The van der Waals surface area contributed by atoms with Crippen molar-refractivity contribution >= 4 is 11.8 Å². The summed E-state index contributed by atoms with van der Waals surface area (Å²) in [5.41, 5.74) is 6.14. The van der Waals surface area contributed by atoms with Crippen molar-refractivity contribution < 1.29 is 22.7 Å². The summed E-state index contributed by atoms with van der Waals surface area (Å²) in [4.78, 5) is 13.8. The van der Waals surface area contributed by atoms with Crippen LogP contribution >= 0.6 is 0 Å². The molecule has 3 rings (SSSR count). The predicted octanol–water partition coefficient (Wildman–Crippen LogP) is 3.85. The number of rotatable bonds is 2. The lowest BCUT2D eigenvalue weighted by Crippen LogP contribution is -2.47. The van der Waals surface area contributed by atoms with Crippen LogP contribution < -0.4 is 10.6 Å². The Kier molecular flexibility index (Phi) is 4.00. The highest BCUT2D eigenvalue weighted by Crippen LogP contribution is 2.47. The van der Waals surface area contributed by atoms with Gasteiger partial charge in [0.1, 0.15) is 0 Å². The van der Waals surface area contributed by atoms with Crippen LogP contribution in [0.5, 0.6) is 0 Å². The van der Waals surface area contributed by atoms with Gasteiger partial charge in [0.25, 0.3) is 0 Å². The zero-order chi connectivity index (χ0) is 16.8. The van der Waals surface area contributed by atoms with Gasteiger partial charge in [-0.3, -0.25) is 4.90 Å². The fourth-order valence-corrected chi connectivity index (χ4v) is 3.23. The van der Waals surface area contributed by atoms with Gasteiger partial charge < -0.3 is 10.5 Å². The normalized spacial score (nSPS) is 24.3. The van der Waals surface area contributed by atoms with E-state index < -0.39 is 23.9 Å². The third-order valence-electron chi connectivity index (χ3n) is 4.47. The quantitative estimate of drug-likeness (QED) is 0.897. The Morgan fingerprint density at radius 1 is 1.39 bits per heavy atom. The monoisotopic (exact) mass is 328 g/mol. The minimum absolute atomic E-state index is 0.103. The third kappa shape index (κ3) is 3.02. The van der Waals surface area contributed by atoms with E-state index in [4.69, 9.17) is 10.5 Å². The molecule has 2 aliphatic rings. The average Bonchev–Trinajstić information content (AvgIpc) is 3.30. The lowest BCUT2D eigenvalue weighted by molar-refractivity contribution is -0.137. The van der Waals surface area contributed by atoms with Crippen LogP contribution in [0.2, 0.25) is 0 Å². The average molecular weight is 328 g/mol. The molecule has 7 heteroatoms. The topological polar surface area (TPSA) is 55.6 Å². The summed E-state index contributed by atoms with van der Waals surface area (Å²) in [5, 5.41) is 0.